The molecule has 0 fully saturated rings. The van der Waals surface area contributed by atoms with Crippen molar-refractivity contribution >= 4 is 57.4 Å². The molecule has 0 saturated carbocycles. The number of carbonyl (C=O) groups is 1. The average molecular weight is 424 g/mol. The molecule has 2 aromatic rings. The van der Waals surface area contributed by atoms with Gasteiger partial charge in [0.2, 0.25) is 5.91 Å². The summed E-state index contributed by atoms with van der Waals surface area (Å²) in [5.74, 6) is -0.537. The summed E-state index contributed by atoms with van der Waals surface area (Å²) in [6.45, 7) is 0. The van der Waals surface area contributed by atoms with Gasteiger partial charge in [-0.2, -0.15) is 0 Å². The molecule has 1 amide bonds. The quantitative estimate of drug-likeness (QED) is 0.697. The summed E-state index contributed by atoms with van der Waals surface area (Å²) < 4.78 is 13.6. The van der Waals surface area contributed by atoms with Crippen molar-refractivity contribution in [3.8, 4) is 0 Å². The maximum absolute atomic E-state index is 13.0. The van der Waals surface area contributed by atoms with E-state index in [1.54, 1.807) is 18.2 Å². The lowest BCUT2D eigenvalue weighted by Gasteiger charge is -2.08. The van der Waals surface area contributed by atoms with E-state index in [4.69, 9.17) is 23.2 Å². The molecule has 0 saturated heterocycles. The first-order valence-corrected chi connectivity index (χ1v) is 7.48. The van der Waals surface area contributed by atoms with Gasteiger partial charge in [-0.3, -0.25) is 4.79 Å². The smallest absolute Gasteiger partial charge is 0.228 e. The maximum Gasteiger partial charge on any atom is 0.228 e. The van der Waals surface area contributed by atoms with Gasteiger partial charge in [0, 0.05) is 3.57 Å². The number of nitrogens with one attached hydrogen (secondary N) is 1. The van der Waals surface area contributed by atoms with Gasteiger partial charge in [-0.15, -0.1) is 0 Å². The van der Waals surface area contributed by atoms with Gasteiger partial charge in [0.05, 0.1) is 22.2 Å². The molecule has 0 spiro atoms. The summed E-state index contributed by atoms with van der Waals surface area (Å²) >= 11 is 13.7. The Morgan fingerprint density at radius 1 is 1.15 bits per heavy atom. The minimum atomic E-state index is -0.336. The van der Waals surface area contributed by atoms with Crippen LogP contribution in [0.3, 0.4) is 0 Å². The molecular formula is C14H9Cl2FINO. The highest BCUT2D eigenvalue weighted by molar-refractivity contribution is 14.1. The van der Waals surface area contributed by atoms with Crippen molar-refractivity contribution in [3.63, 3.8) is 0 Å². The molecule has 2 aromatic carbocycles. The molecule has 0 bridgehead atoms. The zero-order valence-electron chi connectivity index (χ0n) is 10.1. The highest BCUT2D eigenvalue weighted by Crippen LogP contribution is 2.23. The van der Waals surface area contributed by atoms with Gasteiger partial charge in [-0.05, 0) is 58.5 Å². The first-order valence-electron chi connectivity index (χ1n) is 5.64. The van der Waals surface area contributed by atoms with Crippen LogP contribution in [0, 0.1) is 9.39 Å². The van der Waals surface area contributed by atoms with E-state index in [2.05, 4.69) is 5.32 Å². The summed E-state index contributed by atoms with van der Waals surface area (Å²) in [5.41, 5.74) is 1.34. The van der Waals surface area contributed by atoms with Crippen LogP contribution in [-0.2, 0) is 11.2 Å². The molecule has 0 aliphatic rings. The van der Waals surface area contributed by atoms with Crippen LogP contribution in [0.4, 0.5) is 10.1 Å². The minimum Gasteiger partial charge on any atom is -0.325 e. The summed E-state index contributed by atoms with van der Waals surface area (Å²) in [4.78, 5) is 11.9. The highest BCUT2D eigenvalue weighted by Gasteiger charge is 2.08. The molecule has 1 N–H and O–H groups in total. The Morgan fingerprint density at radius 2 is 1.90 bits per heavy atom. The Kier molecular flexibility index (Phi) is 5.23. The molecular weight excluding hydrogens is 415 g/mol. The van der Waals surface area contributed by atoms with Gasteiger partial charge in [0.25, 0.3) is 0 Å². The maximum atomic E-state index is 13.0. The Hall–Kier alpha value is -0.850. The number of hydrogen-bond acceptors (Lipinski definition) is 1. The molecule has 6 heteroatoms. The van der Waals surface area contributed by atoms with Crippen molar-refractivity contribution in [2.24, 2.45) is 0 Å². The Morgan fingerprint density at radius 3 is 2.55 bits per heavy atom. The van der Waals surface area contributed by atoms with Gasteiger partial charge in [-0.1, -0.05) is 29.3 Å². The predicted molar refractivity (Wildman–Crippen MR) is 87.9 cm³/mol. The molecule has 20 heavy (non-hydrogen) atoms. The number of halogens is 4. The van der Waals surface area contributed by atoms with E-state index in [0.29, 0.717) is 19.3 Å². The van der Waals surface area contributed by atoms with E-state index in [0.717, 1.165) is 5.56 Å². The van der Waals surface area contributed by atoms with E-state index < -0.39 is 0 Å². The number of anilines is 1. The third-order valence-corrected chi connectivity index (χ3v) is 4.19. The Balaban J connectivity index is 2.07. The zero-order chi connectivity index (χ0) is 14.7. The lowest BCUT2D eigenvalue weighted by molar-refractivity contribution is -0.115. The van der Waals surface area contributed by atoms with Gasteiger partial charge in [0.15, 0.2) is 0 Å². The van der Waals surface area contributed by atoms with Crippen molar-refractivity contribution in [2.75, 3.05) is 5.32 Å². The second kappa shape index (κ2) is 6.74. The lowest BCUT2D eigenvalue weighted by atomic mass is 10.1. The van der Waals surface area contributed by atoms with E-state index >= 15 is 0 Å². The Bertz CT molecular complexity index is 664. The van der Waals surface area contributed by atoms with E-state index in [1.807, 2.05) is 22.6 Å². The van der Waals surface area contributed by atoms with Gasteiger partial charge < -0.3 is 5.32 Å². The van der Waals surface area contributed by atoms with E-state index in [-0.39, 0.29) is 18.1 Å². The van der Waals surface area contributed by atoms with Gasteiger partial charge in [0.1, 0.15) is 5.82 Å². The summed E-state index contributed by atoms with van der Waals surface area (Å²) in [6, 6.07) is 9.23. The van der Waals surface area contributed by atoms with Crippen LogP contribution in [-0.4, -0.2) is 5.91 Å². The molecule has 0 aromatic heterocycles. The van der Waals surface area contributed by atoms with Crippen LogP contribution in [0.2, 0.25) is 10.0 Å². The van der Waals surface area contributed by atoms with Crippen molar-refractivity contribution in [3.05, 3.63) is 61.4 Å². The van der Waals surface area contributed by atoms with Crippen LogP contribution in [0.15, 0.2) is 36.4 Å². The zero-order valence-corrected chi connectivity index (χ0v) is 13.8. The second-order valence-corrected chi connectivity index (χ2v) is 6.07. The topological polar surface area (TPSA) is 29.1 Å². The van der Waals surface area contributed by atoms with E-state index in [9.17, 15) is 9.18 Å². The molecule has 0 aliphatic carbocycles. The van der Waals surface area contributed by atoms with Crippen molar-refractivity contribution < 1.29 is 9.18 Å². The average Bonchev–Trinajstić information content (AvgIpc) is 2.37. The molecule has 2 rings (SSSR count). The molecule has 0 atom stereocenters. The lowest BCUT2D eigenvalue weighted by Crippen LogP contribution is -2.15. The number of hydrogen-bond donors (Lipinski definition) is 1. The third-order valence-electron chi connectivity index (χ3n) is 2.55. The predicted octanol–water partition coefficient (Wildman–Crippen LogP) is 4.92. The number of rotatable bonds is 3. The molecule has 0 heterocycles. The third kappa shape index (κ3) is 4.07. The van der Waals surface area contributed by atoms with Gasteiger partial charge in [-0.25, -0.2) is 4.39 Å². The Labute approximate surface area is 139 Å². The first-order chi connectivity index (χ1) is 9.45. The van der Waals surface area contributed by atoms with Crippen LogP contribution < -0.4 is 5.32 Å². The fourth-order valence-electron chi connectivity index (χ4n) is 1.62. The summed E-state index contributed by atoms with van der Waals surface area (Å²) in [7, 11) is 0. The van der Waals surface area contributed by atoms with Crippen molar-refractivity contribution in [2.45, 2.75) is 6.42 Å². The van der Waals surface area contributed by atoms with Crippen LogP contribution >= 0.6 is 45.8 Å². The number of amides is 1. The monoisotopic (exact) mass is 423 g/mol. The number of benzene rings is 2. The first kappa shape index (κ1) is 15.5. The molecule has 0 radical (unpaired) electrons. The standard InChI is InChI=1S/C14H9Cl2FINO/c15-10-3-1-8(5-11(10)16)6-14(20)19-13-4-2-9(17)7-12(13)18/h1-5,7H,6H2,(H,19,20). The van der Waals surface area contributed by atoms with Crippen LogP contribution in [0.5, 0.6) is 0 Å². The van der Waals surface area contributed by atoms with Crippen molar-refractivity contribution in [1.29, 1.82) is 0 Å². The molecule has 2 nitrogen and oxygen atoms in total. The van der Waals surface area contributed by atoms with E-state index in [1.165, 1.54) is 18.2 Å². The van der Waals surface area contributed by atoms with Crippen LogP contribution in [0.1, 0.15) is 5.56 Å². The van der Waals surface area contributed by atoms with Gasteiger partial charge >= 0.3 is 0 Å². The minimum absolute atomic E-state index is 0.171. The summed E-state index contributed by atoms with van der Waals surface area (Å²) in [6.07, 6.45) is 0.171. The molecule has 0 aliphatic heterocycles. The summed E-state index contributed by atoms with van der Waals surface area (Å²) in [5, 5.41) is 3.59. The molecule has 0 unspecified atom stereocenters. The highest BCUT2D eigenvalue weighted by atomic mass is 127. The second-order valence-electron chi connectivity index (χ2n) is 4.10. The SMILES string of the molecule is O=C(Cc1ccc(Cl)c(Cl)c1)Nc1ccc(F)cc1I. The fraction of sp³-hybridized carbons (Fsp3) is 0.0714. The molecule has 104 valence electrons. The normalized spacial score (nSPS) is 10.4. The van der Waals surface area contributed by atoms with Crippen LogP contribution in [0.25, 0.3) is 0 Å². The van der Waals surface area contributed by atoms with Crippen molar-refractivity contribution in [1.82, 2.24) is 0 Å². The fourth-order valence-corrected chi connectivity index (χ4v) is 2.55. The number of carbonyl (C=O) groups excluding carboxylic acids is 1. The largest absolute Gasteiger partial charge is 0.325 e.